The molecule has 0 saturated carbocycles. The fourth-order valence-corrected chi connectivity index (χ4v) is 3.09. The maximum Gasteiger partial charge on any atom is 0.317 e. The largest absolute Gasteiger partial charge is 0.391 e. The number of likely N-dealkylation sites (tertiary alicyclic amines) is 1. The van der Waals surface area contributed by atoms with E-state index in [0.717, 1.165) is 32.2 Å². The van der Waals surface area contributed by atoms with Crippen LogP contribution in [0.3, 0.4) is 0 Å². The molecule has 2 N–H and O–H groups in total. The number of benzene rings is 1. The summed E-state index contributed by atoms with van der Waals surface area (Å²) >= 11 is 0. The van der Waals surface area contributed by atoms with E-state index in [1.54, 1.807) is 4.90 Å². The highest BCUT2D eigenvalue weighted by Gasteiger charge is 2.27. The van der Waals surface area contributed by atoms with Gasteiger partial charge in [0, 0.05) is 13.1 Å². The molecule has 1 aliphatic carbocycles. The Kier molecular flexibility index (Phi) is 3.42. The number of aliphatic hydroxyl groups excluding tert-OH is 1. The maximum atomic E-state index is 12.2. The lowest BCUT2D eigenvalue weighted by atomic mass is 10.1. The fourth-order valence-electron chi connectivity index (χ4n) is 3.09. The summed E-state index contributed by atoms with van der Waals surface area (Å²) in [5, 5.41) is 12.7. The van der Waals surface area contributed by atoms with Crippen molar-refractivity contribution in [3.05, 3.63) is 35.4 Å². The summed E-state index contributed by atoms with van der Waals surface area (Å²) in [4.78, 5) is 13.9. The van der Waals surface area contributed by atoms with Crippen molar-refractivity contribution in [2.75, 3.05) is 13.1 Å². The zero-order valence-electron chi connectivity index (χ0n) is 11.0. The van der Waals surface area contributed by atoms with Gasteiger partial charge in [-0.15, -0.1) is 0 Å². The van der Waals surface area contributed by atoms with Gasteiger partial charge in [0.1, 0.15) is 0 Å². The minimum absolute atomic E-state index is 0.0412. The summed E-state index contributed by atoms with van der Waals surface area (Å²) in [6, 6.07) is 8.38. The number of aliphatic hydroxyl groups is 1. The SMILES string of the molecule is O=C(NC1CCc2ccccc21)N1CCCC(O)C1. The second kappa shape index (κ2) is 5.21. The van der Waals surface area contributed by atoms with Crippen LogP contribution in [0, 0.1) is 0 Å². The first-order chi connectivity index (χ1) is 9.24. The van der Waals surface area contributed by atoms with E-state index >= 15 is 0 Å². The van der Waals surface area contributed by atoms with Gasteiger partial charge in [-0.1, -0.05) is 24.3 Å². The zero-order chi connectivity index (χ0) is 13.2. The van der Waals surface area contributed by atoms with Gasteiger partial charge in [-0.05, 0) is 36.8 Å². The molecule has 3 rings (SSSR count). The Labute approximate surface area is 113 Å². The van der Waals surface area contributed by atoms with Crippen molar-refractivity contribution in [3.8, 4) is 0 Å². The first-order valence-corrected chi connectivity index (χ1v) is 7.05. The van der Waals surface area contributed by atoms with Crippen LogP contribution in [-0.2, 0) is 6.42 Å². The number of β-amino-alcohol motifs (C(OH)–C–C–N with tert-alkyl or cyclic N) is 1. The zero-order valence-corrected chi connectivity index (χ0v) is 11.0. The Morgan fingerprint density at radius 2 is 2.16 bits per heavy atom. The molecule has 4 nitrogen and oxygen atoms in total. The second-order valence-corrected chi connectivity index (χ2v) is 5.48. The van der Waals surface area contributed by atoms with E-state index in [4.69, 9.17) is 0 Å². The molecule has 0 spiro atoms. The van der Waals surface area contributed by atoms with Gasteiger partial charge >= 0.3 is 6.03 Å². The van der Waals surface area contributed by atoms with Crippen molar-refractivity contribution in [1.82, 2.24) is 10.2 Å². The van der Waals surface area contributed by atoms with Gasteiger partial charge in [0.05, 0.1) is 12.1 Å². The van der Waals surface area contributed by atoms with Crippen molar-refractivity contribution in [2.24, 2.45) is 0 Å². The maximum absolute atomic E-state index is 12.2. The van der Waals surface area contributed by atoms with Crippen LogP contribution in [0.25, 0.3) is 0 Å². The normalized spacial score (nSPS) is 26.1. The first-order valence-electron chi connectivity index (χ1n) is 7.05. The van der Waals surface area contributed by atoms with E-state index in [1.807, 2.05) is 12.1 Å². The molecule has 1 aromatic carbocycles. The van der Waals surface area contributed by atoms with Crippen LogP contribution in [0.1, 0.15) is 36.4 Å². The van der Waals surface area contributed by atoms with Gasteiger partial charge in [-0.25, -0.2) is 4.79 Å². The van der Waals surface area contributed by atoms with Crippen molar-refractivity contribution in [3.63, 3.8) is 0 Å². The Morgan fingerprint density at radius 1 is 1.32 bits per heavy atom. The van der Waals surface area contributed by atoms with E-state index < -0.39 is 0 Å². The second-order valence-electron chi connectivity index (χ2n) is 5.48. The minimum Gasteiger partial charge on any atom is -0.391 e. The summed E-state index contributed by atoms with van der Waals surface area (Å²) in [5.74, 6) is 0. The molecule has 0 radical (unpaired) electrons. The van der Waals surface area contributed by atoms with Crippen LogP contribution in [0.15, 0.2) is 24.3 Å². The van der Waals surface area contributed by atoms with Crippen LogP contribution in [0.5, 0.6) is 0 Å². The minimum atomic E-state index is -0.365. The standard InChI is InChI=1S/C15H20N2O2/c18-12-5-3-9-17(10-12)15(19)16-14-8-7-11-4-1-2-6-13(11)14/h1-2,4,6,12,14,18H,3,5,7-10H2,(H,16,19). The van der Waals surface area contributed by atoms with Crippen LogP contribution in [0.2, 0.25) is 0 Å². The Morgan fingerprint density at radius 3 is 3.00 bits per heavy atom. The van der Waals surface area contributed by atoms with Crippen LogP contribution < -0.4 is 5.32 Å². The molecular formula is C15H20N2O2. The van der Waals surface area contributed by atoms with E-state index in [0.29, 0.717) is 6.54 Å². The van der Waals surface area contributed by atoms with Gasteiger partial charge < -0.3 is 15.3 Å². The number of nitrogens with zero attached hydrogens (tertiary/aromatic N) is 1. The van der Waals surface area contributed by atoms with Crippen molar-refractivity contribution < 1.29 is 9.90 Å². The third-order valence-corrected chi connectivity index (χ3v) is 4.11. The molecular weight excluding hydrogens is 240 g/mol. The Hall–Kier alpha value is -1.55. The highest BCUT2D eigenvalue weighted by molar-refractivity contribution is 5.75. The monoisotopic (exact) mass is 260 g/mol. The first kappa shape index (κ1) is 12.5. The quantitative estimate of drug-likeness (QED) is 0.809. The summed E-state index contributed by atoms with van der Waals surface area (Å²) in [7, 11) is 0. The molecule has 2 atom stereocenters. The Bertz CT molecular complexity index is 475. The van der Waals surface area contributed by atoms with Crippen LogP contribution >= 0.6 is 0 Å². The Balaban J connectivity index is 1.64. The lowest BCUT2D eigenvalue weighted by Crippen LogP contribution is -2.47. The number of aryl methyl sites for hydroxylation is 1. The van der Waals surface area contributed by atoms with Gasteiger partial charge in [0.25, 0.3) is 0 Å². The molecule has 2 aliphatic rings. The predicted octanol–water partition coefficient (Wildman–Crippen LogP) is 1.84. The molecule has 19 heavy (non-hydrogen) atoms. The molecule has 102 valence electrons. The topological polar surface area (TPSA) is 52.6 Å². The number of carbonyl (C=O) groups is 1. The van der Waals surface area contributed by atoms with E-state index in [1.165, 1.54) is 11.1 Å². The molecule has 1 heterocycles. The van der Waals surface area contributed by atoms with Crippen molar-refractivity contribution in [2.45, 2.75) is 37.8 Å². The average molecular weight is 260 g/mol. The molecule has 1 aliphatic heterocycles. The van der Waals surface area contributed by atoms with Gasteiger partial charge in [0.2, 0.25) is 0 Å². The smallest absolute Gasteiger partial charge is 0.317 e. The number of rotatable bonds is 1. The van der Waals surface area contributed by atoms with E-state index in [2.05, 4.69) is 17.4 Å². The number of carbonyl (C=O) groups excluding carboxylic acids is 1. The van der Waals surface area contributed by atoms with E-state index in [9.17, 15) is 9.90 Å². The van der Waals surface area contributed by atoms with Crippen LogP contribution in [-0.4, -0.2) is 35.2 Å². The molecule has 1 aromatic rings. The molecule has 0 aromatic heterocycles. The summed E-state index contributed by atoms with van der Waals surface area (Å²) in [5.41, 5.74) is 2.58. The van der Waals surface area contributed by atoms with Crippen molar-refractivity contribution in [1.29, 1.82) is 0 Å². The van der Waals surface area contributed by atoms with Crippen LogP contribution in [0.4, 0.5) is 4.79 Å². The number of piperidine rings is 1. The number of hydrogen-bond donors (Lipinski definition) is 2. The lowest BCUT2D eigenvalue weighted by Gasteiger charge is -2.31. The van der Waals surface area contributed by atoms with Gasteiger partial charge in [0.15, 0.2) is 0 Å². The summed E-state index contributed by atoms with van der Waals surface area (Å²) in [6.45, 7) is 1.21. The molecule has 1 saturated heterocycles. The lowest BCUT2D eigenvalue weighted by molar-refractivity contribution is 0.0833. The molecule has 1 fully saturated rings. The average Bonchev–Trinajstić information content (AvgIpc) is 2.82. The third kappa shape index (κ3) is 2.59. The molecule has 2 unspecified atom stereocenters. The van der Waals surface area contributed by atoms with Gasteiger partial charge in [-0.2, -0.15) is 0 Å². The molecule has 2 amide bonds. The third-order valence-electron chi connectivity index (χ3n) is 4.11. The number of fused-ring (bicyclic) bond motifs is 1. The highest BCUT2D eigenvalue weighted by atomic mass is 16.3. The van der Waals surface area contributed by atoms with Crippen molar-refractivity contribution >= 4 is 6.03 Å². The number of urea groups is 1. The van der Waals surface area contributed by atoms with Gasteiger partial charge in [-0.3, -0.25) is 0 Å². The summed E-state index contributed by atoms with van der Waals surface area (Å²) < 4.78 is 0. The number of nitrogens with one attached hydrogen (secondary N) is 1. The molecule has 4 heteroatoms. The predicted molar refractivity (Wildman–Crippen MR) is 72.8 cm³/mol. The van der Waals surface area contributed by atoms with E-state index in [-0.39, 0.29) is 18.2 Å². The number of amides is 2. The fraction of sp³-hybridized carbons (Fsp3) is 0.533. The number of hydrogen-bond acceptors (Lipinski definition) is 2. The molecule has 0 bridgehead atoms. The summed E-state index contributed by atoms with van der Waals surface area (Å²) in [6.07, 6.45) is 3.33. The highest BCUT2D eigenvalue weighted by Crippen LogP contribution is 2.30.